The summed E-state index contributed by atoms with van der Waals surface area (Å²) in [6.45, 7) is 4.16. The zero-order valence-electron chi connectivity index (χ0n) is 13.5. The first-order valence-electron chi connectivity index (χ1n) is 7.98. The molecule has 0 saturated carbocycles. The monoisotopic (exact) mass is 344 g/mol. The summed E-state index contributed by atoms with van der Waals surface area (Å²) in [5.74, 6) is -0.935. The first-order chi connectivity index (χ1) is 11.6. The highest BCUT2D eigenvalue weighted by molar-refractivity contribution is 7.17. The molecule has 0 bridgehead atoms. The van der Waals surface area contributed by atoms with Crippen molar-refractivity contribution >= 4 is 34.3 Å². The Hall–Kier alpha value is -2.41. The maximum atomic E-state index is 10.8. The molecule has 2 N–H and O–H groups in total. The molecule has 1 fully saturated rings. The number of nitrogens with zero attached hydrogens (tertiary/aromatic N) is 3. The minimum Gasteiger partial charge on any atom is -0.478 e. The van der Waals surface area contributed by atoms with E-state index < -0.39 is 5.97 Å². The standard InChI is InChI=1S/C17H20N4O2S/c1-12-15(24-17(19-12)21-9-3-2-4-10-21)11-18-20-14-7-5-13(6-8-14)16(22)23/h5-8,11,20H,2-4,9-10H2,1H3,(H,22,23). The van der Waals surface area contributed by atoms with Gasteiger partial charge in [0.05, 0.1) is 28.0 Å². The van der Waals surface area contributed by atoms with Crippen LogP contribution in [0, 0.1) is 6.92 Å². The third-order valence-corrected chi connectivity index (χ3v) is 5.11. The highest BCUT2D eigenvalue weighted by Gasteiger charge is 2.15. The van der Waals surface area contributed by atoms with Crippen LogP contribution in [0.4, 0.5) is 10.8 Å². The number of anilines is 2. The number of piperidine rings is 1. The van der Waals surface area contributed by atoms with E-state index >= 15 is 0 Å². The van der Waals surface area contributed by atoms with Gasteiger partial charge in [0.1, 0.15) is 0 Å². The van der Waals surface area contributed by atoms with Gasteiger partial charge in [-0.2, -0.15) is 5.10 Å². The van der Waals surface area contributed by atoms with Crippen molar-refractivity contribution in [3.05, 3.63) is 40.4 Å². The number of hydrazone groups is 1. The normalized spacial score (nSPS) is 15.0. The largest absolute Gasteiger partial charge is 0.478 e. The van der Waals surface area contributed by atoms with Gasteiger partial charge in [0.15, 0.2) is 5.13 Å². The topological polar surface area (TPSA) is 77.8 Å². The van der Waals surface area contributed by atoms with E-state index in [-0.39, 0.29) is 5.56 Å². The SMILES string of the molecule is Cc1nc(N2CCCCC2)sc1C=NNc1ccc(C(=O)O)cc1. The molecule has 0 spiro atoms. The molecule has 3 rings (SSSR count). The van der Waals surface area contributed by atoms with Crippen LogP contribution in [0.1, 0.15) is 40.2 Å². The first-order valence-corrected chi connectivity index (χ1v) is 8.80. The molecule has 0 unspecified atom stereocenters. The fraction of sp³-hybridized carbons (Fsp3) is 0.353. The third-order valence-electron chi connectivity index (χ3n) is 3.96. The number of carbonyl (C=O) groups is 1. The van der Waals surface area contributed by atoms with E-state index in [0.717, 1.165) is 34.5 Å². The zero-order chi connectivity index (χ0) is 16.9. The van der Waals surface area contributed by atoms with Gasteiger partial charge in [-0.05, 0) is 50.5 Å². The van der Waals surface area contributed by atoms with Crippen LogP contribution in [0.2, 0.25) is 0 Å². The first kappa shape index (κ1) is 16.4. The summed E-state index contributed by atoms with van der Waals surface area (Å²) in [6.07, 6.45) is 5.54. The lowest BCUT2D eigenvalue weighted by Gasteiger charge is -2.25. The molecule has 7 heteroatoms. The van der Waals surface area contributed by atoms with Crippen LogP contribution >= 0.6 is 11.3 Å². The second kappa shape index (κ2) is 7.44. The molecule has 1 aliphatic heterocycles. The predicted octanol–water partition coefficient (Wildman–Crippen LogP) is 3.59. The van der Waals surface area contributed by atoms with E-state index in [1.54, 1.807) is 41.8 Å². The lowest BCUT2D eigenvalue weighted by molar-refractivity contribution is 0.0697. The number of nitrogens with one attached hydrogen (secondary N) is 1. The summed E-state index contributed by atoms with van der Waals surface area (Å²) >= 11 is 1.66. The van der Waals surface area contributed by atoms with Crippen molar-refractivity contribution in [2.75, 3.05) is 23.4 Å². The van der Waals surface area contributed by atoms with Crippen molar-refractivity contribution < 1.29 is 9.90 Å². The molecule has 0 amide bonds. The van der Waals surface area contributed by atoms with Gasteiger partial charge in [-0.15, -0.1) is 0 Å². The summed E-state index contributed by atoms with van der Waals surface area (Å²) in [5, 5.41) is 14.2. The number of thiazole rings is 1. The van der Waals surface area contributed by atoms with Crippen molar-refractivity contribution in [3.8, 4) is 0 Å². The summed E-state index contributed by atoms with van der Waals surface area (Å²) in [5.41, 5.74) is 4.90. The average Bonchev–Trinajstić information content (AvgIpc) is 2.97. The van der Waals surface area contributed by atoms with Crippen molar-refractivity contribution in [2.24, 2.45) is 5.10 Å². The summed E-state index contributed by atoms with van der Waals surface area (Å²) in [7, 11) is 0. The van der Waals surface area contributed by atoms with Gasteiger partial charge >= 0.3 is 5.97 Å². The van der Waals surface area contributed by atoms with E-state index in [9.17, 15) is 4.79 Å². The van der Waals surface area contributed by atoms with Crippen LogP contribution in [-0.2, 0) is 0 Å². The molecule has 2 heterocycles. The van der Waals surface area contributed by atoms with Crippen LogP contribution in [-0.4, -0.2) is 35.4 Å². The quantitative estimate of drug-likeness (QED) is 0.640. The number of benzene rings is 1. The van der Waals surface area contributed by atoms with Crippen molar-refractivity contribution in [2.45, 2.75) is 26.2 Å². The Labute approximate surface area is 144 Å². The average molecular weight is 344 g/mol. The second-order valence-corrected chi connectivity index (χ2v) is 6.76. The van der Waals surface area contributed by atoms with E-state index in [1.165, 1.54) is 19.3 Å². The number of carboxylic acids is 1. The van der Waals surface area contributed by atoms with E-state index in [2.05, 4.69) is 20.4 Å². The van der Waals surface area contributed by atoms with Gasteiger partial charge < -0.3 is 10.0 Å². The highest BCUT2D eigenvalue weighted by atomic mass is 32.1. The van der Waals surface area contributed by atoms with E-state index in [0.29, 0.717) is 0 Å². The molecule has 1 aromatic heterocycles. The third kappa shape index (κ3) is 3.91. The molecule has 0 atom stereocenters. The molecular formula is C17H20N4O2S. The van der Waals surface area contributed by atoms with Crippen molar-refractivity contribution in [1.29, 1.82) is 0 Å². The molecule has 1 aromatic carbocycles. The zero-order valence-corrected chi connectivity index (χ0v) is 14.3. The van der Waals surface area contributed by atoms with Gasteiger partial charge in [-0.1, -0.05) is 11.3 Å². The Bertz CT molecular complexity index is 734. The fourth-order valence-electron chi connectivity index (χ4n) is 2.59. The van der Waals surface area contributed by atoms with E-state index in [4.69, 9.17) is 5.11 Å². The Kier molecular flexibility index (Phi) is 5.10. The highest BCUT2D eigenvalue weighted by Crippen LogP contribution is 2.27. The maximum Gasteiger partial charge on any atom is 0.335 e. The molecule has 24 heavy (non-hydrogen) atoms. The Morgan fingerprint density at radius 1 is 1.29 bits per heavy atom. The Morgan fingerprint density at radius 3 is 2.67 bits per heavy atom. The fourth-order valence-corrected chi connectivity index (χ4v) is 3.58. The van der Waals surface area contributed by atoms with Gasteiger partial charge in [0.25, 0.3) is 0 Å². The van der Waals surface area contributed by atoms with E-state index in [1.807, 2.05) is 6.92 Å². The number of rotatable bonds is 5. The number of hydrogen-bond donors (Lipinski definition) is 2. The number of aromatic carboxylic acids is 1. The van der Waals surface area contributed by atoms with Gasteiger partial charge in [-0.3, -0.25) is 5.43 Å². The van der Waals surface area contributed by atoms with Crippen LogP contribution in [0.3, 0.4) is 0 Å². The molecular weight excluding hydrogens is 324 g/mol. The summed E-state index contributed by atoms with van der Waals surface area (Å²) < 4.78 is 0. The van der Waals surface area contributed by atoms with Gasteiger partial charge in [0.2, 0.25) is 0 Å². The molecule has 2 aromatic rings. The minimum atomic E-state index is -0.935. The lowest BCUT2D eigenvalue weighted by Crippen LogP contribution is -2.29. The predicted molar refractivity (Wildman–Crippen MR) is 97.5 cm³/mol. The van der Waals surface area contributed by atoms with Crippen molar-refractivity contribution in [3.63, 3.8) is 0 Å². The number of hydrogen-bond acceptors (Lipinski definition) is 6. The Balaban J connectivity index is 1.63. The molecule has 0 radical (unpaired) electrons. The van der Waals surface area contributed by atoms with Crippen LogP contribution < -0.4 is 10.3 Å². The Morgan fingerprint density at radius 2 is 2.00 bits per heavy atom. The smallest absolute Gasteiger partial charge is 0.335 e. The van der Waals surface area contributed by atoms with Gasteiger partial charge in [-0.25, -0.2) is 9.78 Å². The van der Waals surface area contributed by atoms with Crippen LogP contribution in [0.15, 0.2) is 29.4 Å². The lowest BCUT2D eigenvalue weighted by atomic mass is 10.1. The minimum absolute atomic E-state index is 0.258. The summed E-state index contributed by atoms with van der Waals surface area (Å²) in [4.78, 5) is 18.8. The van der Waals surface area contributed by atoms with Crippen molar-refractivity contribution in [1.82, 2.24) is 4.98 Å². The molecule has 126 valence electrons. The number of aromatic nitrogens is 1. The molecule has 1 aliphatic rings. The molecule has 1 saturated heterocycles. The molecule has 0 aliphatic carbocycles. The number of carboxylic acid groups (broad SMARTS) is 1. The molecule has 6 nitrogen and oxygen atoms in total. The van der Waals surface area contributed by atoms with Gasteiger partial charge in [0, 0.05) is 13.1 Å². The second-order valence-electron chi connectivity index (χ2n) is 5.75. The van der Waals surface area contributed by atoms with Crippen LogP contribution in [0.5, 0.6) is 0 Å². The van der Waals surface area contributed by atoms with Crippen LogP contribution in [0.25, 0.3) is 0 Å². The number of aryl methyl sites for hydroxylation is 1. The maximum absolute atomic E-state index is 10.8. The summed E-state index contributed by atoms with van der Waals surface area (Å²) in [6, 6.07) is 6.48.